The minimum atomic E-state index is 0.153. The topological polar surface area (TPSA) is 35.8 Å². The Kier molecular flexibility index (Phi) is 5.31. The van der Waals surface area contributed by atoms with Crippen LogP contribution in [-0.4, -0.2) is 13.1 Å². The van der Waals surface area contributed by atoms with Crippen molar-refractivity contribution in [2.45, 2.75) is 48.0 Å². The molecule has 0 bridgehead atoms. The van der Waals surface area contributed by atoms with Crippen molar-refractivity contribution < 1.29 is 0 Å². The van der Waals surface area contributed by atoms with E-state index in [-0.39, 0.29) is 16.7 Å². The molecule has 0 amide bonds. The second-order valence-corrected chi connectivity index (χ2v) is 6.00. The predicted octanol–water partition coefficient (Wildman–Crippen LogP) is 3.20. The molecule has 0 aliphatic rings. The van der Waals surface area contributed by atoms with Crippen molar-refractivity contribution in [2.75, 3.05) is 13.1 Å². The molecule has 2 nitrogen and oxygen atoms in total. The SMILES string of the molecule is CCC(C#N)CNCC(C)(C)C(C)(C)C. The molecule has 0 fully saturated rings. The maximum absolute atomic E-state index is 8.83. The lowest BCUT2D eigenvalue weighted by Crippen LogP contribution is -2.40. The van der Waals surface area contributed by atoms with Gasteiger partial charge in [0.25, 0.3) is 0 Å². The summed E-state index contributed by atoms with van der Waals surface area (Å²) in [5, 5.41) is 12.2. The van der Waals surface area contributed by atoms with Gasteiger partial charge in [-0.25, -0.2) is 0 Å². The van der Waals surface area contributed by atoms with E-state index in [9.17, 15) is 0 Å². The Balaban J connectivity index is 4.02. The first-order chi connectivity index (χ1) is 6.74. The van der Waals surface area contributed by atoms with Crippen LogP contribution in [0.5, 0.6) is 0 Å². The van der Waals surface area contributed by atoms with Gasteiger partial charge in [-0.2, -0.15) is 5.26 Å². The summed E-state index contributed by atoms with van der Waals surface area (Å²) in [6, 6.07) is 2.31. The third-order valence-corrected chi connectivity index (χ3v) is 3.66. The highest BCUT2D eigenvalue weighted by Crippen LogP contribution is 2.36. The van der Waals surface area contributed by atoms with Crippen molar-refractivity contribution in [3.63, 3.8) is 0 Å². The minimum Gasteiger partial charge on any atom is -0.315 e. The van der Waals surface area contributed by atoms with Crippen molar-refractivity contribution >= 4 is 0 Å². The Morgan fingerprint density at radius 2 is 1.73 bits per heavy atom. The minimum absolute atomic E-state index is 0.153. The van der Waals surface area contributed by atoms with Crippen LogP contribution < -0.4 is 5.32 Å². The number of hydrogen-bond donors (Lipinski definition) is 1. The second-order valence-electron chi connectivity index (χ2n) is 6.00. The third-order valence-electron chi connectivity index (χ3n) is 3.66. The van der Waals surface area contributed by atoms with E-state index < -0.39 is 0 Å². The molecule has 0 aromatic rings. The Hall–Kier alpha value is -0.550. The first kappa shape index (κ1) is 14.5. The van der Waals surface area contributed by atoms with E-state index in [1.54, 1.807) is 0 Å². The number of nitrogens with zero attached hydrogens (tertiary/aromatic N) is 1. The molecule has 0 aliphatic carbocycles. The summed E-state index contributed by atoms with van der Waals surface area (Å²) in [5.41, 5.74) is 0.537. The highest BCUT2D eigenvalue weighted by molar-refractivity contribution is 4.87. The van der Waals surface area contributed by atoms with Gasteiger partial charge < -0.3 is 5.32 Å². The third kappa shape index (κ3) is 4.66. The molecule has 0 aliphatic heterocycles. The van der Waals surface area contributed by atoms with E-state index in [0.717, 1.165) is 19.5 Å². The van der Waals surface area contributed by atoms with E-state index in [4.69, 9.17) is 5.26 Å². The highest BCUT2D eigenvalue weighted by Gasteiger charge is 2.32. The zero-order valence-corrected chi connectivity index (χ0v) is 11.1. The predicted molar refractivity (Wildman–Crippen MR) is 65.5 cm³/mol. The normalized spacial score (nSPS) is 14.7. The lowest BCUT2D eigenvalue weighted by atomic mass is 9.69. The molecule has 2 heteroatoms. The lowest BCUT2D eigenvalue weighted by molar-refractivity contribution is 0.128. The van der Waals surface area contributed by atoms with Crippen molar-refractivity contribution in [3.05, 3.63) is 0 Å². The zero-order chi connectivity index (χ0) is 12.1. The van der Waals surface area contributed by atoms with E-state index in [1.165, 1.54) is 0 Å². The number of rotatable bonds is 5. The molecule has 0 spiro atoms. The summed E-state index contributed by atoms with van der Waals surface area (Å²) >= 11 is 0. The monoisotopic (exact) mass is 210 g/mol. The van der Waals surface area contributed by atoms with Gasteiger partial charge in [0.2, 0.25) is 0 Å². The van der Waals surface area contributed by atoms with Crippen LogP contribution in [0, 0.1) is 28.1 Å². The fourth-order valence-electron chi connectivity index (χ4n) is 1.11. The van der Waals surface area contributed by atoms with Crippen LogP contribution in [0.2, 0.25) is 0 Å². The Bertz CT molecular complexity index is 218. The summed E-state index contributed by atoms with van der Waals surface area (Å²) in [7, 11) is 0. The highest BCUT2D eigenvalue weighted by atomic mass is 14.9. The molecule has 0 aromatic carbocycles. The van der Waals surface area contributed by atoms with Crippen LogP contribution in [0.25, 0.3) is 0 Å². The van der Waals surface area contributed by atoms with E-state index >= 15 is 0 Å². The van der Waals surface area contributed by atoms with Crippen molar-refractivity contribution in [1.29, 1.82) is 5.26 Å². The van der Waals surface area contributed by atoms with Crippen molar-refractivity contribution in [1.82, 2.24) is 5.32 Å². The molecular formula is C13H26N2. The first-order valence-electron chi connectivity index (χ1n) is 5.85. The zero-order valence-electron chi connectivity index (χ0n) is 11.1. The van der Waals surface area contributed by atoms with Gasteiger partial charge in [0.15, 0.2) is 0 Å². The Morgan fingerprint density at radius 1 is 1.20 bits per heavy atom. The largest absolute Gasteiger partial charge is 0.315 e. The number of hydrogen-bond acceptors (Lipinski definition) is 2. The summed E-state index contributed by atoms with van der Waals surface area (Å²) in [6.07, 6.45) is 0.930. The summed E-state index contributed by atoms with van der Waals surface area (Å²) < 4.78 is 0. The molecule has 0 saturated heterocycles. The fraction of sp³-hybridized carbons (Fsp3) is 0.923. The molecule has 1 atom stereocenters. The lowest BCUT2D eigenvalue weighted by Gasteiger charge is -2.39. The summed E-state index contributed by atoms with van der Waals surface area (Å²) in [6.45, 7) is 15.2. The molecule has 0 radical (unpaired) electrons. The molecule has 0 heterocycles. The van der Waals surface area contributed by atoms with Gasteiger partial charge in [0.05, 0.1) is 12.0 Å². The number of nitriles is 1. The van der Waals surface area contributed by atoms with E-state index in [0.29, 0.717) is 0 Å². The Labute approximate surface area is 95.1 Å². The van der Waals surface area contributed by atoms with Gasteiger partial charge in [0.1, 0.15) is 0 Å². The molecule has 0 rings (SSSR count). The molecule has 1 unspecified atom stereocenters. The molecule has 1 N–H and O–H groups in total. The van der Waals surface area contributed by atoms with Gasteiger partial charge in [-0.15, -0.1) is 0 Å². The fourth-order valence-corrected chi connectivity index (χ4v) is 1.11. The van der Waals surface area contributed by atoms with E-state index in [2.05, 4.69) is 52.9 Å². The van der Waals surface area contributed by atoms with Crippen molar-refractivity contribution in [2.24, 2.45) is 16.7 Å². The molecule has 15 heavy (non-hydrogen) atoms. The molecule has 0 saturated carbocycles. The average molecular weight is 210 g/mol. The molecule has 88 valence electrons. The van der Waals surface area contributed by atoms with Crippen LogP contribution in [-0.2, 0) is 0 Å². The van der Waals surface area contributed by atoms with Gasteiger partial charge in [-0.1, -0.05) is 41.5 Å². The van der Waals surface area contributed by atoms with Crippen LogP contribution in [0.15, 0.2) is 0 Å². The van der Waals surface area contributed by atoms with Gasteiger partial charge in [-0.3, -0.25) is 0 Å². The van der Waals surface area contributed by atoms with Gasteiger partial charge >= 0.3 is 0 Å². The maximum atomic E-state index is 8.83. The maximum Gasteiger partial charge on any atom is 0.0669 e. The summed E-state index contributed by atoms with van der Waals surface area (Å²) in [5.74, 6) is 0.153. The molecule has 0 aromatic heterocycles. The summed E-state index contributed by atoms with van der Waals surface area (Å²) in [4.78, 5) is 0. The smallest absolute Gasteiger partial charge is 0.0669 e. The van der Waals surface area contributed by atoms with Gasteiger partial charge in [0, 0.05) is 13.1 Å². The first-order valence-corrected chi connectivity index (χ1v) is 5.85. The van der Waals surface area contributed by atoms with E-state index in [1.807, 2.05) is 0 Å². The van der Waals surface area contributed by atoms with Crippen LogP contribution in [0.4, 0.5) is 0 Å². The Morgan fingerprint density at radius 3 is 2.07 bits per heavy atom. The average Bonchev–Trinajstić information content (AvgIpc) is 2.10. The molecular weight excluding hydrogens is 184 g/mol. The standard InChI is InChI=1S/C13H26N2/c1-7-11(8-14)9-15-10-13(5,6)12(2,3)4/h11,15H,7,9-10H2,1-6H3. The quantitative estimate of drug-likeness (QED) is 0.756. The van der Waals surface area contributed by atoms with Crippen LogP contribution in [0.1, 0.15) is 48.0 Å². The number of nitrogens with one attached hydrogen (secondary N) is 1. The van der Waals surface area contributed by atoms with Crippen molar-refractivity contribution in [3.8, 4) is 6.07 Å². The van der Waals surface area contributed by atoms with Crippen LogP contribution in [0.3, 0.4) is 0 Å². The second kappa shape index (κ2) is 5.51. The van der Waals surface area contributed by atoms with Crippen LogP contribution >= 0.6 is 0 Å². The van der Waals surface area contributed by atoms with Gasteiger partial charge in [-0.05, 0) is 17.3 Å².